The van der Waals surface area contributed by atoms with Crippen molar-refractivity contribution in [3.05, 3.63) is 35.9 Å². The van der Waals surface area contributed by atoms with E-state index in [-0.39, 0.29) is 0 Å². The molecule has 0 bridgehead atoms. The largest absolute Gasteiger partial charge is 0.315 e. The highest BCUT2D eigenvalue weighted by molar-refractivity contribution is 5.14. The molecule has 0 aromatic heterocycles. The lowest BCUT2D eigenvalue weighted by atomic mass is 10.1. The second-order valence-corrected chi connectivity index (χ2v) is 4.78. The normalized spacial score (nSPS) is 22.2. The van der Waals surface area contributed by atoms with Gasteiger partial charge < -0.3 is 10.6 Å². The smallest absolute Gasteiger partial charge is 0.0207 e. The molecule has 2 N–H and O–H groups in total. The first-order chi connectivity index (χ1) is 7.84. The minimum absolute atomic E-state index is 0.616. The molecule has 2 atom stereocenters. The lowest BCUT2D eigenvalue weighted by Gasteiger charge is -2.18. The van der Waals surface area contributed by atoms with E-state index < -0.39 is 0 Å². The van der Waals surface area contributed by atoms with Gasteiger partial charge in [-0.25, -0.2) is 0 Å². The monoisotopic (exact) mass is 218 g/mol. The summed E-state index contributed by atoms with van der Waals surface area (Å²) >= 11 is 0. The SMILES string of the molecule is CC(CCc1ccccc1)NC1CCNC1. The summed E-state index contributed by atoms with van der Waals surface area (Å²) in [7, 11) is 0. The Morgan fingerprint density at radius 3 is 2.88 bits per heavy atom. The Hall–Kier alpha value is -0.860. The molecule has 0 radical (unpaired) electrons. The first-order valence-electron chi connectivity index (χ1n) is 6.35. The van der Waals surface area contributed by atoms with Gasteiger partial charge >= 0.3 is 0 Å². The fourth-order valence-electron chi connectivity index (χ4n) is 2.31. The van der Waals surface area contributed by atoms with Gasteiger partial charge in [0.25, 0.3) is 0 Å². The quantitative estimate of drug-likeness (QED) is 0.789. The van der Waals surface area contributed by atoms with Gasteiger partial charge in [-0.15, -0.1) is 0 Å². The predicted octanol–water partition coefficient (Wildman–Crippen LogP) is 1.96. The van der Waals surface area contributed by atoms with E-state index in [1.807, 2.05) is 0 Å². The Balaban J connectivity index is 1.69. The van der Waals surface area contributed by atoms with E-state index in [9.17, 15) is 0 Å². The summed E-state index contributed by atoms with van der Waals surface area (Å²) in [6, 6.07) is 12.0. The summed E-state index contributed by atoms with van der Waals surface area (Å²) in [4.78, 5) is 0. The van der Waals surface area contributed by atoms with E-state index in [0.717, 1.165) is 6.54 Å². The van der Waals surface area contributed by atoms with Crippen LogP contribution in [0.2, 0.25) is 0 Å². The predicted molar refractivity (Wildman–Crippen MR) is 68.6 cm³/mol. The van der Waals surface area contributed by atoms with E-state index in [2.05, 4.69) is 47.9 Å². The molecule has 0 saturated carbocycles. The van der Waals surface area contributed by atoms with Gasteiger partial charge in [0, 0.05) is 18.6 Å². The van der Waals surface area contributed by atoms with Crippen molar-refractivity contribution in [2.45, 2.75) is 38.3 Å². The molecule has 0 amide bonds. The molecule has 1 aromatic carbocycles. The van der Waals surface area contributed by atoms with Gasteiger partial charge in [0.1, 0.15) is 0 Å². The van der Waals surface area contributed by atoms with E-state index in [0.29, 0.717) is 12.1 Å². The highest BCUT2D eigenvalue weighted by Gasteiger charge is 2.15. The zero-order valence-electron chi connectivity index (χ0n) is 10.1. The molecule has 2 heteroatoms. The third-order valence-corrected chi connectivity index (χ3v) is 3.29. The molecule has 1 saturated heterocycles. The molecular formula is C14H22N2. The van der Waals surface area contributed by atoms with Crippen LogP contribution in [0.5, 0.6) is 0 Å². The lowest BCUT2D eigenvalue weighted by Crippen LogP contribution is -2.38. The molecule has 2 unspecified atom stereocenters. The molecule has 0 spiro atoms. The Bertz CT molecular complexity index is 291. The summed E-state index contributed by atoms with van der Waals surface area (Å²) in [6.45, 7) is 4.60. The van der Waals surface area contributed by atoms with Crippen molar-refractivity contribution in [2.75, 3.05) is 13.1 Å². The maximum absolute atomic E-state index is 3.69. The summed E-state index contributed by atoms with van der Waals surface area (Å²) in [6.07, 6.45) is 3.67. The van der Waals surface area contributed by atoms with Crippen LogP contribution in [-0.4, -0.2) is 25.2 Å². The van der Waals surface area contributed by atoms with Gasteiger partial charge in [0.15, 0.2) is 0 Å². The number of benzene rings is 1. The minimum Gasteiger partial charge on any atom is -0.315 e. The molecule has 1 fully saturated rings. The molecule has 2 nitrogen and oxygen atoms in total. The number of rotatable bonds is 5. The minimum atomic E-state index is 0.616. The van der Waals surface area contributed by atoms with Gasteiger partial charge in [0.05, 0.1) is 0 Å². The van der Waals surface area contributed by atoms with E-state index in [1.165, 1.54) is 31.4 Å². The fourth-order valence-corrected chi connectivity index (χ4v) is 2.31. The van der Waals surface area contributed by atoms with Crippen LogP contribution in [0.1, 0.15) is 25.3 Å². The van der Waals surface area contributed by atoms with Gasteiger partial charge in [-0.2, -0.15) is 0 Å². The Labute approximate surface area is 98.4 Å². The highest BCUT2D eigenvalue weighted by Crippen LogP contribution is 2.06. The molecule has 0 aliphatic carbocycles. The van der Waals surface area contributed by atoms with Crippen molar-refractivity contribution in [3.8, 4) is 0 Å². The Morgan fingerprint density at radius 1 is 1.38 bits per heavy atom. The van der Waals surface area contributed by atoms with Crippen molar-refractivity contribution >= 4 is 0 Å². The Kier molecular flexibility index (Phi) is 4.37. The average Bonchev–Trinajstić information content (AvgIpc) is 2.81. The zero-order valence-corrected chi connectivity index (χ0v) is 10.1. The van der Waals surface area contributed by atoms with E-state index in [4.69, 9.17) is 0 Å². The first kappa shape index (κ1) is 11.6. The van der Waals surface area contributed by atoms with Crippen LogP contribution < -0.4 is 10.6 Å². The molecular weight excluding hydrogens is 196 g/mol. The van der Waals surface area contributed by atoms with Crippen molar-refractivity contribution in [1.82, 2.24) is 10.6 Å². The Morgan fingerprint density at radius 2 is 2.19 bits per heavy atom. The van der Waals surface area contributed by atoms with Gasteiger partial charge in [-0.3, -0.25) is 0 Å². The first-order valence-corrected chi connectivity index (χ1v) is 6.35. The summed E-state index contributed by atoms with van der Waals surface area (Å²) < 4.78 is 0. The molecule has 1 aliphatic heterocycles. The molecule has 16 heavy (non-hydrogen) atoms. The third-order valence-electron chi connectivity index (χ3n) is 3.29. The summed E-state index contributed by atoms with van der Waals surface area (Å²) in [5.74, 6) is 0. The number of hydrogen-bond donors (Lipinski definition) is 2. The molecule has 88 valence electrons. The van der Waals surface area contributed by atoms with Crippen molar-refractivity contribution < 1.29 is 0 Å². The van der Waals surface area contributed by atoms with E-state index in [1.54, 1.807) is 0 Å². The van der Waals surface area contributed by atoms with Crippen LogP contribution in [0, 0.1) is 0 Å². The van der Waals surface area contributed by atoms with Crippen LogP contribution in [-0.2, 0) is 6.42 Å². The van der Waals surface area contributed by atoms with Crippen LogP contribution >= 0.6 is 0 Å². The van der Waals surface area contributed by atoms with Gasteiger partial charge in [-0.05, 0) is 38.3 Å². The summed E-state index contributed by atoms with van der Waals surface area (Å²) in [5, 5.41) is 7.08. The van der Waals surface area contributed by atoms with Gasteiger partial charge in [-0.1, -0.05) is 30.3 Å². The van der Waals surface area contributed by atoms with Crippen molar-refractivity contribution in [3.63, 3.8) is 0 Å². The number of nitrogens with one attached hydrogen (secondary N) is 2. The standard InChI is InChI=1S/C14H22N2/c1-12(16-14-9-10-15-11-14)7-8-13-5-3-2-4-6-13/h2-6,12,14-16H,7-11H2,1H3. The highest BCUT2D eigenvalue weighted by atomic mass is 15.0. The van der Waals surface area contributed by atoms with Crippen LogP contribution in [0.25, 0.3) is 0 Å². The second kappa shape index (κ2) is 6.02. The van der Waals surface area contributed by atoms with E-state index >= 15 is 0 Å². The van der Waals surface area contributed by atoms with Crippen molar-refractivity contribution in [1.29, 1.82) is 0 Å². The fraction of sp³-hybridized carbons (Fsp3) is 0.571. The van der Waals surface area contributed by atoms with Crippen LogP contribution in [0.15, 0.2) is 30.3 Å². The van der Waals surface area contributed by atoms with Crippen molar-refractivity contribution in [2.24, 2.45) is 0 Å². The average molecular weight is 218 g/mol. The third kappa shape index (κ3) is 3.62. The zero-order chi connectivity index (χ0) is 11.2. The second-order valence-electron chi connectivity index (χ2n) is 4.78. The maximum atomic E-state index is 3.69. The number of aryl methyl sites for hydroxylation is 1. The van der Waals surface area contributed by atoms with Crippen LogP contribution in [0.4, 0.5) is 0 Å². The maximum Gasteiger partial charge on any atom is 0.0207 e. The summed E-state index contributed by atoms with van der Waals surface area (Å²) in [5.41, 5.74) is 1.45. The number of hydrogen-bond acceptors (Lipinski definition) is 2. The molecule has 1 aliphatic rings. The molecule has 1 aromatic rings. The van der Waals surface area contributed by atoms with Gasteiger partial charge in [0.2, 0.25) is 0 Å². The lowest BCUT2D eigenvalue weighted by molar-refractivity contribution is 0.445. The molecule has 1 heterocycles. The van der Waals surface area contributed by atoms with Crippen LogP contribution in [0.3, 0.4) is 0 Å². The topological polar surface area (TPSA) is 24.1 Å². The molecule has 2 rings (SSSR count).